The zero-order chi connectivity index (χ0) is 26.9. The average Bonchev–Trinajstić information content (AvgIpc) is 3.27. The third-order valence-corrected chi connectivity index (χ3v) is 6.84. The van der Waals surface area contributed by atoms with Gasteiger partial charge in [-0.1, -0.05) is 24.3 Å². The standard InChI is InChI=1S/C21H22BN4O10P/c27-18(24-15-10-12-2-1-3-14(19(28)29)17(12)36-22(15)32)16(25-21(31)26-9-8-23-20(26)30)11-4-6-13(7-5-11)37(33,34)35/h1-7,15-16,32H,8-10H2,(H,23,30)(H,24,27)(H,25,31)(H,28,29)(H2,33,34,35)/t15-,16+/m0/s1. The number of carboxylic acid groups (broad SMARTS) is 1. The molecule has 2 aliphatic rings. The maximum atomic E-state index is 13.3. The number of hydrogen-bond donors (Lipinski definition) is 7. The van der Waals surface area contributed by atoms with Crippen LogP contribution in [0.5, 0.6) is 5.75 Å². The summed E-state index contributed by atoms with van der Waals surface area (Å²) < 4.78 is 16.9. The molecule has 2 atom stereocenters. The number of fused-ring (bicyclic) bond motifs is 1. The molecule has 0 aromatic heterocycles. The number of aromatic carboxylic acids is 1. The summed E-state index contributed by atoms with van der Waals surface area (Å²) in [4.78, 5) is 68.9. The van der Waals surface area contributed by atoms with Gasteiger partial charge in [-0.05, 0) is 35.7 Å². The number of carboxylic acids is 1. The molecule has 194 valence electrons. The predicted octanol–water partition coefficient (Wildman–Crippen LogP) is -0.897. The van der Waals surface area contributed by atoms with Gasteiger partial charge in [0, 0.05) is 13.1 Å². The van der Waals surface area contributed by atoms with Gasteiger partial charge in [-0.15, -0.1) is 0 Å². The van der Waals surface area contributed by atoms with Gasteiger partial charge in [0.1, 0.15) is 11.8 Å². The van der Waals surface area contributed by atoms with Crippen molar-refractivity contribution in [1.82, 2.24) is 20.9 Å². The Morgan fingerprint density at radius 1 is 1.16 bits per heavy atom. The van der Waals surface area contributed by atoms with Crippen LogP contribution in [0.2, 0.25) is 0 Å². The SMILES string of the molecule is O=C(O)c1cccc2c1OB(O)[C@@H](NC(=O)[C@H](NC(=O)N1CCNC1=O)c1ccc(P(=O)(O)O)cc1)C2. The Hall–Kier alpha value is -3.91. The number of para-hydroxylation sites is 1. The summed E-state index contributed by atoms with van der Waals surface area (Å²) in [7, 11) is -6.18. The highest BCUT2D eigenvalue weighted by atomic mass is 31.2. The molecule has 5 amide bonds. The third kappa shape index (κ3) is 5.59. The van der Waals surface area contributed by atoms with Crippen LogP contribution >= 0.6 is 7.60 Å². The van der Waals surface area contributed by atoms with E-state index in [2.05, 4.69) is 16.0 Å². The van der Waals surface area contributed by atoms with E-state index < -0.39 is 50.6 Å². The van der Waals surface area contributed by atoms with Crippen molar-refractivity contribution in [3.05, 3.63) is 59.2 Å². The van der Waals surface area contributed by atoms with Crippen LogP contribution in [0.25, 0.3) is 0 Å². The van der Waals surface area contributed by atoms with Crippen molar-refractivity contribution >= 4 is 44.0 Å². The summed E-state index contributed by atoms with van der Waals surface area (Å²) in [5.74, 6) is -3.12. The minimum absolute atomic E-state index is 0.00962. The van der Waals surface area contributed by atoms with Crippen LogP contribution in [0.3, 0.4) is 0 Å². The van der Waals surface area contributed by atoms with Crippen molar-refractivity contribution < 1.29 is 48.3 Å². The molecule has 2 aromatic carbocycles. The predicted molar refractivity (Wildman–Crippen MR) is 127 cm³/mol. The lowest BCUT2D eigenvalue weighted by atomic mass is 9.72. The minimum Gasteiger partial charge on any atom is -0.534 e. The molecule has 2 aromatic rings. The number of rotatable bonds is 6. The molecular formula is C21H22BN4O10P. The number of amides is 5. The molecule has 2 aliphatic heterocycles. The van der Waals surface area contributed by atoms with Crippen LogP contribution in [0.1, 0.15) is 27.5 Å². The fourth-order valence-corrected chi connectivity index (χ4v) is 4.55. The van der Waals surface area contributed by atoms with Gasteiger partial charge in [0.05, 0.1) is 16.8 Å². The maximum absolute atomic E-state index is 13.3. The first-order valence-corrected chi connectivity index (χ1v) is 12.6. The zero-order valence-corrected chi connectivity index (χ0v) is 19.9. The zero-order valence-electron chi connectivity index (χ0n) is 19.0. The first kappa shape index (κ1) is 26.2. The molecule has 14 nitrogen and oxygen atoms in total. The summed E-state index contributed by atoms with van der Waals surface area (Å²) >= 11 is 0. The Morgan fingerprint density at radius 2 is 1.86 bits per heavy atom. The van der Waals surface area contributed by atoms with E-state index in [4.69, 9.17) is 4.65 Å². The largest absolute Gasteiger partial charge is 0.547 e. The van der Waals surface area contributed by atoms with E-state index in [0.29, 0.717) is 5.56 Å². The Labute approximate surface area is 209 Å². The topological polar surface area (TPSA) is 215 Å². The van der Waals surface area contributed by atoms with E-state index in [1.54, 1.807) is 6.07 Å². The Morgan fingerprint density at radius 3 is 2.46 bits per heavy atom. The van der Waals surface area contributed by atoms with Crippen LogP contribution in [0.15, 0.2) is 42.5 Å². The van der Waals surface area contributed by atoms with E-state index in [0.717, 1.165) is 17.0 Å². The van der Waals surface area contributed by atoms with E-state index in [1.807, 2.05) is 0 Å². The van der Waals surface area contributed by atoms with Gasteiger partial charge in [0.25, 0.3) is 0 Å². The van der Waals surface area contributed by atoms with Gasteiger partial charge in [-0.2, -0.15) is 0 Å². The Bertz CT molecular complexity index is 1300. The molecular weight excluding hydrogens is 510 g/mol. The summed E-state index contributed by atoms with van der Waals surface area (Å²) in [6.45, 7) is 0.289. The van der Waals surface area contributed by atoms with Crippen LogP contribution in [0.4, 0.5) is 9.59 Å². The fourth-order valence-electron chi connectivity index (χ4n) is 4.01. The van der Waals surface area contributed by atoms with Gasteiger partial charge < -0.3 is 40.5 Å². The average molecular weight is 532 g/mol. The smallest absolute Gasteiger partial charge is 0.534 e. The third-order valence-electron chi connectivity index (χ3n) is 5.87. The monoisotopic (exact) mass is 532 g/mol. The highest BCUT2D eigenvalue weighted by molar-refractivity contribution is 7.60. The van der Waals surface area contributed by atoms with Gasteiger partial charge >= 0.3 is 32.7 Å². The highest BCUT2D eigenvalue weighted by Crippen LogP contribution is 2.33. The molecule has 0 radical (unpaired) electrons. The Kier molecular flexibility index (Phi) is 7.23. The molecule has 0 saturated carbocycles. The molecule has 0 unspecified atom stereocenters. The second kappa shape index (κ2) is 10.2. The Balaban J connectivity index is 1.58. The summed E-state index contributed by atoms with van der Waals surface area (Å²) in [6.07, 6.45) is 0.00962. The van der Waals surface area contributed by atoms with Gasteiger partial charge in [0.15, 0.2) is 0 Å². The molecule has 4 rings (SSSR count). The lowest BCUT2D eigenvalue weighted by Gasteiger charge is -2.30. The van der Waals surface area contributed by atoms with Crippen LogP contribution in [-0.2, 0) is 15.8 Å². The number of carbonyl (C=O) groups is 4. The number of benzene rings is 2. The lowest BCUT2D eigenvalue weighted by molar-refractivity contribution is -0.123. The summed E-state index contributed by atoms with van der Waals surface area (Å²) in [5, 5.41) is 27.0. The van der Waals surface area contributed by atoms with E-state index in [1.165, 1.54) is 24.3 Å². The van der Waals surface area contributed by atoms with Crippen LogP contribution in [-0.4, -0.2) is 74.9 Å². The molecule has 0 bridgehead atoms. The molecule has 0 aliphatic carbocycles. The van der Waals surface area contributed by atoms with Gasteiger partial charge in [0.2, 0.25) is 5.91 Å². The van der Waals surface area contributed by atoms with E-state index >= 15 is 0 Å². The van der Waals surface area contributed by atoms with Crippen molar-refractivity contribution in [2.45, 2.75) is 18.4 Å². The van der Waals surface area contributed by atoms with Crippen LogP contribution < -0.4 is 25.9 Å². The highest BCUT2D eigenvalue weighted by Gasteiger charge is 2.40. The first-order chi connectivity index (χ1) is 17.5. The normalized spacial score (nSPS) is 17.8. The van der Waals surface area contributed by atoms with Crippen molar-refractivity contribution in [1.29, 1.82) is 0 Å². The molecule has 2 heterocycles. The molecule has 7 N–H and O–H groups in total. The van der Waals surface area contributed by atoms with Gasteiger partial charge in [-0.25, -0.2) is 19.3 Å². The number of imide groups is 1. The summed E-state index contributed by atoms with van der Waals surface area (Å²) in [5.41, 5.74) is 0.416. The molecule has 37 heavy (non-hydrogen) atoms. The summed E-state index contributed by atoms with van der Waals surface area (Å²) in [6, 6.07) is 6.12. The molecule has 1 fully saturated rings. The number of urea groups is 2. The molecule has 1 saturated heterocycles. The van der Waals surface area contributed by atoms with Crippen LogP contribution in [0, 0.1) is 0 Å². The minimum atomic E-state index is -4.56. The second-order valence-electron chi connectivity index (χ2n) is 8.33. The van der Waals surface area contributed by atoms with Crippen molar-refractivity contribution in [3.63, 3.8) is 0 Å². The number of nitrogens with one attached hydrogen (secondary N) is 3. The first-order valence-electron chi connectivity index (χ1n) is 11.0. The number of nitrogens with zero attached hydrogens (tertiary/aromatic N) is 1. The maximum Gasteiger partial charge on any atom is 0.547 e. The number of hydrogen-bond acceptors (Lipinski definition) is 7. The van der Waals surface area contributed by atoms with E-state index in [-0.39, 0.29) is 41.7 Å². The van der Waals surface area contributed by atoms with Crippen molar-refractivity contribution in [3.8, 4) is 5.75 Å². The van der Waals surface area contributed by atoms with Crippen molar-refractivity contribution in [2.24, 2.45) is 0 Å². The molecule has 0 spiro atoms. The van der Waals surface area contributed by atoms with E-state index in [9.17, 15) is 43.7 Å². The second-order valence-corrected chi connectivity index (χ2v) is 9.93. The quantitative estimate of drug-likeness (QED) is 0.180. The molecule has 16 heteroatoms. The fraction of sp³-hybridized carbons (Fsp3) is 0.238. The lowest BCUT2D eigenvalue weighted by Crippen LogP contribution is -2.56. The van der Waals surface area contributed by atoms with Crippen molar-refractivity contribution in [2.75, 3.05) is 13.1 Å². The van der Waals surface area contributed by atoms with Gasteiger partial charge in [-0.3, -0.25) is 9.36 Å². The number of carbonyl (C=O) groups excluding carboxylic acids is 3.